The first kappa shape index (κ1) is 9.59. The first-order chi connectivity index (χ1) is 5.83. The Balaban J connectivity index is 2.63. The van der Waals surface area contributed by atoms with E-state index in [0.717, 1.165) is 19.6 Å². The molecule has 2 heteroatoms. The average Bonchev–Trinajstić information content (AvgIpc) is 2.16. The maximum atomic E-state index is 2.50. The van der Waals surface area contributed by atoms with Crippen LogP contribution in [0.4, 0.5) is 0 Å². The van der Waals surface area contributed by atoms with E-state index in [9.17, 15) is 0 Å². The lowest BCUT2D eigenvalue weighted by Gasteiger charge is -2.40. The van der Waals surface area contributed by atoms with Crippen molar-refractivity contribution >= 4 is 0 Å². The Hall–Kier alpha value is -0.500. The summed E-state index contributed by atoms with van der Waals surface area (Å²) < 4.78 is 0. The van der Waals surface area contributed by atoms with E-state index in [0.29, 0.717) is 6.17 Å². The minimum absolute atomic E-state index is 0.630. The highest BCUT2D eigenvalue weighted by Gasteiger charge is 2.20. The highest BCUT2D eigenvalue weighted by Crippen LogP contribution is 2.14. The Morgan fingerprint density at radius 1 is 1.25 bits per heavy atom. The third kappa shape index (κ3) is 1.81. The van der Waals surface area contributed by atoms with Crippen molar-refractivity contribution in [3.8, 4) is 0 Å². The van der Waals surface area contributed by atoms with Gasteiger partial charge >= 0.3 is 0 Å². The molecule has 0 fully saturated rings. The predicted octanol–water partition coefficient (Wildman–Crippen LogP) is 1.89. The predicted molar refractivity (Wildman–Crippen MR) is 52.8 cm³/mol. The fourth-order valence-electron chi connectivity index (χ4n) is 1.90. The number of likely N-dealkylation sites (N-methyl/N-ethyl adjacent to an activating group) is 1. The fourth-order valence-corrected chi connectivity index (χ4v) is 1.90. The van der Waals surface area contributed by atoms with Gasteiger partial charge in [0.2, 0.25) is 0 Å². The summed E-state index contributed by atoms with van der Waals surface area (Å²) >= 11 is 0. The number of hydrogen-bond acceptors (Lipinski definition) is 2. The minimum atomic E-state index is 0.630. The molecule has 0 bridgehead atoms. The van der Waals surface area contributed by atoms with Crippen molar-refractivity contribution in [2.24, 2.45) is 0 Å². The molecule has 0 aromatic rings. The van der Waals surface area contributed by atoms with Gasteiger partial charge in [-0.05, 0) is 26.1 Å². The first-order valence-electron chi connectivity index (χ1n) is 4.99. The molecule has 1 rings (SSSR count). The van der Waals surface area contributed by atoms with Crippen LogP contribution in [0.1, 0.15) is 27.2 Å². The van der Waals surface area contributed by atoms with Gasteiger partial charge in [-0.3, -0.25) is 4.90 Å². The van der Waals surface area contributed by atoms with Gasteiger partial charge in [0, 0.05) is 13.1 Å². The Morgan fingerprint density at radius 3 is 2.50 bits per heavy atom. The average molecular weight is 168 g/mol. The molecule has 1 aliphatic heterocycles. The fraction of sp³-hybridized carbons (Fsp3) is 0.800. The molecule has 0 amide bonds. The van der Waals surface area contributed by atoms with Crippen molar-refractivity contribution in [2.75, 3.05) is 19.6 Å². The van der Waals surface area contributed by atoms with Crippen LogP contribution in [0.3, 0.4) is 0 Å². The lowest BCUT2D eigenvalue weighted by atomic mass is 10.2. The second-order valence-electron chi connectivity index (χ2n) is 3.19. The van der Waals surface area contributed by atoms with Gasteiger partial charge in [-0.1, -0.05) is 19.9 Å². The lowest BCUT2D eigenvalue weighted by molar-refractivity contribution is 0.0782. The first-order valence-corrected chi connectivity index (χ1v) is 4.99. The zero-order valence-corrected chi connectivity index (χ0v) is 8.45. The zero-order valence-electron chi connectivity index (χ0n) is 8.45. The summed E-state index contributed by atoms with van der Waals surface area (Å²) in [6.07, 6.45) is 6.33. The van der Waals surface area contributed by atoms with Crippen LogP contribution in [-0.2, 0) is 0 Å². The molecule has 1 aliphatic rings. The van der Waals surface area contributed by atoms with Crippen LogP contribution in [0, 0.1) is 0 Å². The van der Waals surface area contributed by atoms with Crippen LogP contribution in [-0.4, -0.2) is 35.6 Å². The highest BCUT2D eigenvalue weighted by atomic mass is 15.4. The topological polar surface area (TPSA) is 6.48 Å². The summed E-state index contributed by atoms with van der Waals surface area (Å²) in [6, 6.07) is 0. The maximum Gasteiger partial charge on any atom is 0.0814 e. The van der Waals surface area contributed by atoms with Crippen molar-refractivity contribution in [3.05, 3.63) is 12.3 Å². The molecule has 12 heavy (non-hydrogen) atoms. The molecule has 0 aromatic carbocycles. The summed E-state index contributed by atoms with van der Waals surface area (Å²) in [4.78, 5) is 4.91. The molecule has 1 atom stereocenters. The second kappa shape index (κ2) is 4.51. The van der Waals surface area contributed by atoms with Gasteiger partial charge in [0.15, 0.2) is 0 Å². The summed E-state index contributed by atoms with van der Waals surface area (Å²) in [5, 5.41) is 0. The van der Waals surface area contributed by atoms with Gasteiger partial charge in [0.05, 0.1) is 6.17 Å². The van der Waals surface area contributed by atoms with Crippen molar-refractivity contribution in [1.82, 2.24) is 9.80 Å². The summed E-state index contributed by atoms with van der Waals surface area (Å²) in [5.41, 5.74) is 0. The van der Waals surface area contributed by atoms with Crippen molar-refractivity contribution in [1.29, 1.82) is 0 Å². The summed E-state index contributed by atoms with van der Waals surface area (Å²) in [5.74, 6) is 0. The Bertz CT molecular complexity index is 154. The number of nitrogens with zero attached hydrogens (tertiary/aromatic N) is 2. The normalized spacial score (nSPS) is 24.9. The Morgan fingerprint density at radius 2 is 2.00 bits per heavy atom. The van der Waals surface area contributed by atoms with E-state index in [2.05, 4.69) is 42.8 Å². The smallest absolute Gasteiger partial charge is 0.0814 e. The quantitative estimate of drug-likeness (QED) is 0.635. The van der Waals surface area contributed by atoms with E-state index >= 15 is 0 Å². The third-order valence-electron chi connectivity index (χ3n) is 2.58. The molecule has 2 nitrogen and oxygen atoms in total. The van der Waals surface area contributed by atoms with Crippen molar-refractivity contribution < 1.29 is 0 Å². The summed E-state index contributed by atoms with van der Waals surface area (Å²) in [7, 11) is 0. The molecular weight excluding hydrogens is 148 g/mol. The van der Waals surface area contributed by atoms with E-state index in [-0.39, 0.29) is 0 Å². The van der Waals surface area contributed by atoms with Crippen LogP contribution in [0.25, 0.3) is 0 Å². The van der Waals surface area contributed by atoms with Gasteiger partial charge < -0.3 is 4.90 Å². The monoisotopic (exact) mass is 168 g/mol. The Labute approximate surface area is 75.8 Å². The number of rotatable bonds is 3. The van der Waals surface area contributed by atoms with Gasteiger partial charge in [-0.25, -0.2) is 0 Å². The van der Waals surface area contributed by atoms with Crippen LogP contribution in [0.15, 0.2) is 12.3 Å². The van der Waals surface area contributed by atoms with Gasteiger partial charge in [-0.15, -0.1) is 0 Å². The Kier molecular flexibility index (Phi) is 3.60. The van der Waals surface area contributed by atoms with E-state index < -0.39 is 0 Å². The maximum absolute atomic E-state index is 2.50. The van der Waals surface area contributed by atoms with E-state index in [1.807, 2.05) is 0 Å². The molecule has 0 saturated heterocycles. The molecule has 1 unspecified atom stereocenters. The SMILES string of the molecule is CCC1N(CC)C=CCN1CC. The largest absolute Gasteiger partial charge is 0.362 e. The van der Waals surface area contributed by atoms with Gasteiger partial charge in [0.1, 0.15) is 0 Å². The minimum Gasteiger partial charge on any atom is -0.362 e. The molecule has 0 N–H and O–H groups in total. The second-order valence-corrected chi connectivity index (χ2v) is 3.19. The molecular formula is C10H20N2. The van der Waals surface area contributed by atoms with E-state index in [1.54, 1.807) is 0 Å². The molecule has 0 aliphatic carbocycles. The van der Waals surface area contributed by atoms with Crippen LogP contribution in [0.2, 0.25) is 0 Å². The summed E-state index contributed by atoms with van der Waals surface area (Å²) in [6.45, 7) is 10.1. The van der Waals surface area contributed by atoms with Crippen LogP contribution in [0.5, 0.6) is 0 Å². The standard InChI is InChI=1S/C10H20N2/c1-4-10-11(5-2)8-7-9-12(10)6-3/h7-8,10H,4-6,9H2,1-3H3. The molecule has 0 spiro atoms. The van der Waals surface area contributed by atoms with Crippen molar-refractivity contribution in [3.63, 3.8) is 0 Å². The third-order valence-corrected chi connectivity index (χ3v) is 2.58. The van der Waals surface area contributed by atoms with Gasteiger partial charge in [-0.2, -0.15) is 0 Å². The van der Waals surface area contributed by atoms with Crippen LogP contribution >= 0.6 is 0 Å². The highest BCUT2D eigenvalue weighted by molar-refractivity contribution is 4.94. The number of hydrogen-bond donors (Lipinski definition) is 0. The lowest BCUT2D eigenvalue weighted by Crippen LogP contribution is -2.48. The van der Waals surface area contributed by atoms with E-state index in [1.165, 1.54) is 6.42 Å². The van der Waals surface area contributed by atoms with Gasteiger partial charge in [0.25, 0.3) is 0 Å². The van der Waals surface area contributed by atoms with E-state index in [4.69, 9.17) is 0 Å². The molecule has 0 aromatic heterocycles. The molecule has 70 valence electrons. The molecule has 1 heterocycles. The van der Waals surface area contributed by atoms with Crippen molar-refractivity contribution in [2.45, 2.75) is 33.4 Å². The van der Waals surface area contributed by atoms with Crippen LogP contribution < -0.4 is 0 Å². The molecule has 0 radical (unpaired) electrons. The zero-order chi connectivity index (χ0) is 8.97. The molecule has 0 saturated carbocycles.